The highest BCUT2D eigenvalue weighted by Gasteiger charge is 2.22. The van der Waals surface area contributed by atoms with Crippen molar-refractivity contribution >= 4 is 11.8 Å². The van der Waals surface area contributed by atoms with E-state index in [9.17, 15) is 0 Å². The molecule has 1 aliphatic carbocycles. The van der Waals surface area contributed by atoms with Gasteiger partial charge in [0, 0.05) is 24.3 Å². The van der Waals surface area contributed by atoms with Gasteiger partial charge in [-0.15, -0.1) is 0 Å². The molecule has 0 aliphatic heterocycles. The molecule has 0 atom stereocenters. The molecule has 15 heavy (non-hydrogen) atoms. The molecule has 1 heterocycles. The lowest BCUT2D eigenvalue weighted by Crippen LogP contribution is -2.09. The Morgan fingerprint density at radius 3 is 2.93 bits per heavy atom. The molecule has 1 aromatic heterocycles. The number of nitrogens with zero attached hydrogens (tertiary/aromatic N) is 2. The highest BCUT2D eigenvalue weighted by atomic mass is 15.1. The van der Waals surface area contributed by atoms with E-state index in [2.05, 4.69) is 27.5 Å². The minimum absolute atomic E-state index is 0.637. The van der Waals surface area contributed by atoms with Crippen LogP contribution in [0, 0.1) is 6.92 Å². The standard InChI is InChI=1S/C11H18N4/c1-3-6-12-11-13-7-8(2)10(15-11)14-9-4-5-9/h7,9H,3-6H2,1-2H3,(H2,12,13,14,15). The smallest absolute Gasteiger partial charge is 0.224 e. The molecule has 1 fully saturated rings. The second-order valence-electron chi connectivity index (χ2n) is 4.07. The molecule has 82 valence electrons. The van der Waals surface area contributed by atoms with Crippen molar-refractivity contribution in [3.8, 4) is 0 Å². The van der Waals surface area contributed by atoms with Gasteiger partial charge in [0.25, 0.3) is 0 Å². The molecule has 0 bridgehead atoms. The zero-order valence-corrected chi connectivity index (χ0v) is 9.38. The van der Waals surface area contributed by atoms with Crippen molar-refractivity contribution in [1.29, 1.82) is 0 Å². The third-order valence-electron chi connectivity index (χ3n) is 2.42. The number of hydrogen-bond donors (Lipinski definition) is 2. The van der Waals surface area contributed by atoms with E-state index < -0.39 is 0 Å². The minimum atomic E-state index is 0.637. The average molecular weight is 206 g/mol. The monoisotopic (exact) mass is 206 g/mol. The van der Waals surface area contributed by atoms with Gasteiger partial charge in [-0.25, -0.2) is 4.98 Å². The van der Waals surface area contributed by atoms with E-state index in [4.69, 9.17) is 0 Å². The summed E-state index contributed by atoms with van der Waals surface area (Å²) in [6, 6.07) is 0.637. The van der Waals surface area contributed by atoms with E-state index in [1.54, 1.807) is 0 Å². The number of rotatable bonds is 5. The molecule has 0 unspecified atom stereocenters. The van der Waals surface area contributed by atoms with Crippen LogP contribution in [0.3, 0.4) is 0 Å². The summed E-state index contributed by atoms with van der Waals surface area (Å²) in [4.78, 5) is 8.70. The van der Waals surface area contributed by atoms with Crippen LogP contribution in [-0.4, -0.2) is 22.6 Å². The lowest BCUT2D eigenvalue weighted by Gasteiger charge is -2.09. The van der Waals surface area contributed by atoms with E-state index in [-0.39, 0.29) is 0 Å². The van der Waals surface area contributed by atoms with E-state index in [1.807, 2.05) is 13.1 Å². The van der Waals surface area contributed by atoms with Gasteiger partial charge in [-0.1, -0.05) is 6.92 Å². The molecule has 1 saturated carbocycles. The van der Waals surface area contributed by atoms with Crippen LogP contribution in [0.25, 0.3) is 0 Å². The predicted octanol–water partition coefficient (Wildman–Crippen LogP) is 2.18. The number of aryl methyl sites for hydroxylation is 1. The van der Waals surface area contributed by atoms with Crippen LogP contribution in [0.1, 0.15) is 31.7 Å². The van der Waals surface area contributed by atoms with Crippen LogP contribution in [0.2, 0.25) is 0 Å². The minimum Gasteiger partial charge on any atom is -0.367 e. The van der Waals surface area contributed by atoms with Gasteiger partial charge in [-0.2, -0.15) is 4.98 Å². The molecule has 4 heteroatoms. The molecular formula is C11H18N4. The highest BCUT2D eigenvalue weighted by molar-refractivity contribution is 5.47. The molecule has 1 aromatic rings. The largest absolute Gasteiger partial charge is 0.367 e. The molecule has 0 radical (unpaired) electrons. The summed E-state index contributed by atoms with van der Waals surface area (Å²) in [7, 11) is 0. The summed E-state index contributed by atoms with van der Waals surface area (Å²) in [5.74, 6) is 1.71. The number of nitrogens with one attached hydrogen (secondary N) is 2. The highest BCUT2D eigenvalue weighted by Crippen LogP contribution is 2.25. The van der Waals surface area contributed by atoms with Crippen LogP contribution in [0.5, 0.6) is 0 Å². The molecule has 0 spiro atoms. The Bertz CT molecular complexity index is 333. The number of anilines is 2. The molecule has 0 amide bonds. The SMILES string of the molecule is CCCNc1ncc(C)c(NC2CC2)n1. The van der Waals surface area contributed by atoms with E-state index in [1.165, 1.54) is 12.8 Å². The summed E-state index contributed by atoms with van der Waals surface area (Å²) < 4.78 is 0. The van der Waals surface area contributed by atoms with E-state index in [0.29, 0.717) is 6.04 Å². The number of aromatic nitrogens is 2. The van der Waals surface area contributed by atoms with E-state index in [0.717, 1.165) is 30.3 Å². The van der Waals surface area contributed by atoms with Crippen LogP contribution >= 0.6 is 0 Å². The predicted molar refractivity (Wildman–Crippen MR) is 62.2 cm³/mol. The lowest BCUT2D eigenvalue weighted by molar-refractivity contribution is 0.946. The zero-order chi connectivity index (χ0) is 10.7. The number of hydrogen-bond acceptors (Lipinski definition) is 4. The van der Waals surface area contributed by atoms with Gasteiger partial charge in [0.2, 0.25) is 5.95 Å². The van der Waals surface area contributed by atoms with Crippen LogP contribution < -0.4 is 10.6 Å². The summed E-state index contributed by atoms with van der Waals surface area (Å²) >= 11 is 0. The Labute approximate surface area is 90.5 Å². The van der Waals surface area contributed by atoms with Gasteiger partial charge < -0.3 is 10.6 Å². The van der Waals surface area contributed by atoms with Crippen molar-refractivity contribution in [3.63, 3.8) is 0 Å². The van der Waals surface area contributed by atoms with Crippen molar-refractivity contribution in [2.75, 3.05) is 17.2 Å². The fraction of sp³-hybridized carbons (Fsp3) is 0.636. The first kappa shape index (κ1) is 10.2. The van der Waals surface area contributed by atoms with Crippen molar-refractivity contribution in [1.82, 2.24) is 9.97 Å². The quantitative estimate of drug-likeness (QED) is 0.775. The Morgan fingerprint density at radius 2 is 2.27 bits per heavy atom. The maximum atomic E-state index is 4.46. The van der Waals surface area contributed by atoms with Crippen molar-refractivity contribution in [2.24, 2.45) is 0 Å². The summed E-state index contributed by atoms with van der Waals surface area (Å²) in [6.07, 6.45) is 5.49. The summed E-state index contributed by atoms with van der Waals surface area (Å²) in [6.45, 7) is 5.09. The third kappa shape index (κ3) is 2.81. The molecule has 2 rings (SSSR count). The van der Waals surface area contributed by atoms with Gasteiger partial charge in [0.15, 0.2) is 0 Å². The van der Waals surface area contributed by atoms with Crippen molar-refractivity contribution < 1.29 is 0 Å². The first-order valence-electron chi connectivity index (χ1n) is 5.63. The Hall–Kier alpha value is -1.32. The molecule has 0 saturated heterocycles. The lowest BCUT2D eigenvalue weighted by atomic mass is 10.3. The van der Waals surface area contributed by atoms with Gasteiger partial charge >= 0.3 is 0 Å². The van der Waals surface area contributed by atoms with Crippen LogP contribution in [0.4, 0.5) is 11.8 Å². The van der Waals surface area contributed by atoms with Gasteiger partial charge in [0.05, 0.1) is 0 Å². The maximum Gasteiger partial charge on any atom is 0.224 e. The fourth-order valence-electron chi connectivity index (χ4n) is 1.33. The molecule has 2 N–H and O–H groups in total. The third-order valence-corrected chi connectivity index (χ3v) is 2.42. The fourth-order valence-corrected chi connectivity index (χ4v) is 1.33. The molecular weight excluding hydrogens is 188 g/mol. The van der Waals surface area contributed by atoms with Crippen molar-refractivity contribution in [3.05, 3.63) is 11.8 Å². The van der Waals surface area contributed by atoms with E-state index >= 15 is 0 Å². The first-order valence-corrected chi connectivity index (χ1v) is 5.63. The Balaban J connectivity index is 2.05. The topological polar surface area (TPSA) is 49.8 Å². The normalized spacial score (nSPS) is 15.1. The average Bonchev–Trinajstić information content (AvgIpc) is 3.03. The Morgan fingerprint density at radius 1 is 1.47 bits per heavy atom. The second-order valence-corrected chi connectivity index (χ2v) is 4.07. The summed E-state index contributed by atoms with van der Waals surface area (Å²) in [5.41, 5.74) is 1.11. The maximum absolute atomic E-state index is 4.46. The molecule has 1 aliphatic rings. The Kier molecular flexibility index (Phi) is 3.04. The van der Waals surface area contributed by atoms with Gasteiger partial charge in [0.1, 0.15) is 5.82 Å². The molecule has 4 nitrogen and oxygen atoms in total. The zero-order valence-electron chi connectivity index (χ0n) is 9.38. The van der Waals surface area contributed by atoms with Crippen molar-refractivity contribution in [2.45, 2.75) is 39.2 Å². The van der Waals surface area contributed by atoms with Crippen LogP contribution in [0.15, 0.2) is 6.20 Å². The summed E-state index contributed by atoms with van der Waals surface area (Å²) in [5, 5.41) is 6.60. The van der Waals surface area contributed by atoms with Crippen LogP contribution in [-0.2, 0) is 0 Å². The van der Waals surface area contributed by atoms with Gasteiger partial charge in [-0.05, 0) is 26.2 Å². The second kappa shape index (κ2) is 4.47. The van der Waals surface area contributed by atoms with Gasteiger partial charge in [-0.3, -0.25) is 0 Å². The molecule has 0 aromatic carbocycles. The first-order chi connectivity index (χ1) is 7.29.